The van der Waals surface area contributed by atoms with Gasteiger partial charge in [-0.25, -0.2) is 24.0 Å². The molecule has 5 N–H and O–H groups in total. The zero-order valence-corrected chi connectivity index (χ0v) is 83.4. The van der Waals surface area contributed by atoms with Crippen LogP contribution in [-0.2, 0) is 0 Å². The molecule has 5 aromatic carbocycles. The predicted molar refractivity (Wildman–Crippen MR) is 587 cm³/mol. The third-order valence-corrected chi connectivity index (χ3v) is 23.8. The Morgan fingerprint density at radius 2 is 0.486 bits per heavy atom. The summed E-state index contributed by atoms with van der Waals surface area (Å²) < 4.78 is 702. The number of urea groups is 5. The lowest BCUT2D eigenvalue weighted by molar-refractivity contribution is 0.194. The molecule has 0 aromatic heterocycles. The smallest absolute Gasteiger partial charge is 0.317 e. The molecule has 10 amide bonds. The SMILES string of the molecule is [2H]c1c([2H])c(C)c(Cl)c(N2CCN(C([2H])([2H])C([2H])([2H])C3([2H])C([2H])([2H])C([2H])([2H])C([2H])(NC(=O)N(C)C)C([2H])([2H])C3([2H])[2H])CC2)c1[2H].[2H]c1c([2H])c(C)c(Cl)c(N2CCN(C([2H])([2H])CC3([2H])C([2H])([2H])C([2H])([2H])C([2H])(NC(=O)N(C)C([2H])([2H])[2H])C([2H])([2H])C3([2H])[2H])CC2)c1[2H].[2H]c1c([2H])c(C)c(Cl)c(N2CCN(C([2H])([2H])CC3([2H])C([2H])([2H])C([2H])([2H])C([2H])(NC(=O)N(C)C)C([2H])([2H])C3([2H])[2H])CC2)c1[2H].[2H]c1c([2H])c(C)c(Cl)c(N2CCN(CC([2H])([2H])C3([2H])C([2H])([2H])C([2H])([2H])C([2H])(NC(=O)N(C)C([2H])([2H])[2H])C([2H])([2H])C3([2H])[2H])CC2)c1[2H].[2H]c1c([2H])c(C)c(Cl)c(N2CCN(CC([2H])([2H])C3([2H])C([2H])([2H])C([2H])([2H])C([2H])(NC(=O)N(C)C)C([2H])([2H])C3([2H])[2H])CC2)c1[2H]. The van der Waals surface area contributed by atoms with Gasteiger partial charge < -0.3 is 75.6 Å². The molecular weight excluding hydrogens is 1860 g/mol. The second-order valence-corrected chi connectivity index (χ2v) is 34.3. The van der Waals surface area contributed by atoms with E-state index in [1.54, 1.807) is 42.5 Å². The zero-order valence-electron chi connectivity index (χ0n) is 163. The van der Waals surface area contributed by atoms with Crippen molar-refractivity contribution in [3.63, 3.8) is 0 Å². The summed E-state index contributed by atoms with van der Waals surface area (Å²) in [6.45, 7) is -10.4. The van der Waals surface area contributed by atoms with Crippen LogP contribution >= 0.6 is 58.0 Å². The fourth-order valence-corrected chi connectivity index (χ4v) is 14.3. The number of hydrogen-bond donors (Lipinski definition) is 5. The number of benzene rings is 5. The summed E-state index contributed by atoms with van der Waals surface area (Å²) in [7, 11) is 8.53. The third-order valence-electron chi connectivity index (χ3n) is 21.5. The van der Waals surface area contributed by atoms with Crippen molar-refractivity contribution in [3.8, 4) is 0 Å². The first-order valence-electron chi connectivity index (χ1n) is 85.5. The highest BCUT2D eigenvalue weighted by molar-refractivity contribution is 6.35. The summed E-state index contributed by atoms with van der Waals surface area (Å²) in [6.07, 6.45) is -91.7. The van der Waals surface area contributed by atoms with Crippen molar-refractivity contribution in [1.29, 1.82) is 0 Å². The monoisotopic (exact) mass is 2110 g/mol. The minimum absolute atomic E-state index is 0.00631. The molecule has 0 atom stereocenters. The number of carbonyl (C=O) groups excluding carboxylic acids is 5. The Balaban J connectivity index is 0.000000254. The number of nitrogens with one attached hydrogen (secondary N) is 5. The maximum Gasteiger partial charge on any atom is 0.317 e. The van der Waals surface area contributed by atoms with E-state index in [1.807, 2.05) is 0 Å². The zero-order chi connectivity index (χ0) is 174. The van der Waals surface area contributed by atoms with Gasteiger partial charge in [0.1, 0.15) is 0 Å². The minimum atomic E-state index is -4.22. The number of amides is 10. The Labute approximate surface area is 984 Å². The van der Waals surface area contributed by atoms with Gasteiger partial charge in [-0.05, 0) is 314 Å². The van der Waals surface area contributed by atoms with Crippen molar-refractivity contribution >= 4 is 117 Å². The first-order chi connectivity index (χ1) is 99.1. The second-order valence-electron chi connectivity index (χ2n) is 32.4. The van der Waals surface area contributed by atoms with Gasteiger partial charge in [-0.3, -0.25) is 24.5 Å². The molecule has 780 valence electrons. The molecule has 5 saturated heterocycles. The summed E-state index contributed by atoms with van der Waals surface area (Å²) in [5.74, 6) is -18.9. The number of piperazine rings is 5. The van der Waals surface area contributed by atoms with Gasteiger partial charge in [-0.1, -0.05) is 118 Å². The molecule has 15 rings (SSSR count). The van der Waals surface area contributed by atoms with Gasteiger partial charge in [0.15, 0.2) is 0 Å². The Morgan fingerprint density at radius 3 is 0.700 bits per heavy atom. The van der Waals surface area contributed by atoms with E-state index in [0.717, 1.165) is 50.5 Å². The summed E-state index contributed by atoms with van der Waals surface area (Å²) in [5.41, 5.74) is 2.20. The highest BCUT2D eigenvalue weighted by Crippen LogP contribution is 2.39. The summed E-state index contributed by atoms with van der Waals surface area (Å²) in [5, 5.41) is 8.60. The molecule has 0 radical (unpaired) electrons. The normalized spacial score (nSPS) is 45.4. The van der Waals surface area contributed by atoms with Crippen LogP contribution < -0.4 is 51.1 Å². The number of anilines is 5. The van der Waals surface area contributed by atoms with E-state index in [2.05, 4.69) is 0 Å². The van der Waals surface area contributed by atoms with Crippen LogP contribution in [0.25, 0.3) is 0 Å². The molecule has 5 aliphatic carbocycles. The summed E-state index contributed by atoms with van der Waals surface area (Å²) in [6, 6.07) is -30.2. The predicted octanol–water partition coefficient (Wildman–Crippen LogP) is 20.0. The lowest BCUT2D eigenvalue weighted by Crippen LogP contribution is -2.47. The molecule has 5 heterocycles. The van der Waals surface area contributed by atoms with E-state index in [4.69, 9.17) is 172 Å². The van der Waals surface area contributed by atoms with E-state index >= 15 is 0 Å². The Hall–Kier alpha value is -7.30. The quantitative estimate of drug-likeness (QED) is 0.0370. The molecule has 30 heteroatoms. The first kappa shape index (κ1) is 45.2. The largest absolute Gasteiger partial charge is 0.368 e. The Morgan fingerprint density at radius 1 is 0.293 bits per heavy atom. The van der Waals surface area contributed by atoms with Gasteiger partial charge in [0.25, 0.3) is 0 Å². The molecule has 5 aliphatic heterocycles. The van der Waals surface area contributed by atoms with Crippen molar-refractivity contribution in [1.82, 2.24) is 75.6 Å². The lowest BCUT2D eigenvalue weighted by Gasteiger charge is -2.37. The van der Waals surface area contributed by atoms with E-state index in [-0.39, 0.29) is 296 Å². The van der Waals surface area contributed by atoms with Crippen LogP contribution in [0.2, 0.25) is 25.1 Å². The molecule has 5 aromatic rings. The van der Waals surface area contributed by atoms with Crippen molar-refractivity contribution < 1.29 is 138 Å². The lowest BCUT2D eigenvalue weighted by atomic mass is 9.84. The molecule has 10 aliphatic rings. The molecule has 25 nitrogen and oxygen atoms in total. The minimum Gasteiger partial charge on any atom is -0.368 e. The number of halogens is 5. The van der Waals surface area contributed by atoms with Gasteiger partial charge in [-0.2, -0.15) is 0 Å². The molecule has 10 fully saturated rings. The van der Waals surface area contributed by atoms with Gasteiger partial charge in [-0.15, -0.1) is 0 Å². The fourth-order valence-electron chi connectivity index (χ4n) is 13.2. The second kappa shape index (κ2) is 57.6. The van der Waals surface area contributed by atoms with Crippen LogP contribution in [0.3, 0.4) is 0 Å². The first-order valence-corrected chi connectivity index (χ1v) is 45.9. The van der Waals surface area contributed by atoms with Gasteiger partial charge in [0.2, 0.25) is 0 Å². The fraction of sp³-hybridized carbons (Fsp3) is 0.682. The van der Waals surface area contributed by atoms with Crippen LogP contribution in [0.1, 0.15) is 301 Å². The van der Waals surface area contributed by atoms with Crippen molar-refractivity contribution in [3.05, 3.63) is 144 Å². The third kappa shape index (κ3) is 35.8. The summed E-state index contributed by atoms with van der Waals surface area (Å²) in [4.78, 5) is 78.9. The number of carbonyl (C=O) groups is 5. The Kier molecular flexibility index (Phi) is 18.6. The standard InChI is InChI=1S/5C22H35ClN4O/c5*1-17-5-4-6-20(21(17)23)27-15-13-26(14-16-27)12-11-18-7-9-19(10-8-18)24-22(28)25(2)3/h5*4-6,18-19H,7-16H2,1-3H3,(H,24,28)/i4D,5D,6D,7D2,8D2,9D2,10D2,11D2,12D2,18D,19D;2D3,4D,5D,6D,7D2,8D2,9D2,10D2,12D2,18D,19D;2D3,4D,5D,6D,7D2,8D2,9D2,10D2,11D2,18D,19D;4D,5D,6D,7D2,8D2,9D2,10D2,12D2,18D,19D;4D,5D,6D,7D2,8D2,9D2,10D2,11D2,18D,19D. The molecule has 5 saturated carbocycles. The average molecular weight is 2120 g/mol. The van der Waals surface area contributed by atoms with E-state index < -0.39 is 302 Å². The van der Waals surface area contributed by atoms with E-state index in [0.29, 0.717) is 18.2 Å². The maximum absolute atomic E-state index is 12.7. The molecule has 0 spiro atoms. The number of rotatable bonds is 25. The number of nitrogens with zero attached hydrogens (tertiary/aromatic N) is 15. The van der Waals surface area contributed by atoms with Gasteiger partial charge in [0, 0.05) is 318 Å². The van der Waals surface area contributed by atoms with Crippen LogP contribution in [0.4, 0.5) is 52.4 Å². The van der Waals surface area contributed by atoms with Gasteiger partial charge >= 0.3 is 30.2 Å². The van der Waals surface area contributed by atoms with Crippen molar-refractivity contribution in [2.75, 3.05) is 258 Å². The highest BCUT2D eigenvalue weighted by atomic mass is 35.5. The van der Waals surface area contributed by atoms with E-state index in [9.17, 15) is 24.0 Å². The van der Waals surface area contributed by atoms with Crippen LogP contribution in [0.15, 0.2) is 90.6 Å². The van der Waals surface area contributed by atoms with Gasteiger partial charge in [0.05, 0.1) is 81.0 Å². The van der Waals surface area contributed by atoms with Crippen LogP contribution in [0.5, 0.6) is 0 Å². The van der Waals surface area contributed by atoms with Crippen LogP contribution in [0, 0.1) is 64.1 Å². The van der Waals surface area contributed by atoms with Crippen molar-refractivity contribution in [2.24, 2.45) is 29.5 Å². The Bertz CT molecular complexity index is 8730. The molecule has 0 unspecified atom stereocenters. The number of hydrogen-bond acceptors (Lipinski definition) is 15. The maximum atomic E-state index is 12.7. The highest BCUT2D eigenvalue weighted by Gasteiger charge is 2.33. The molecule has 140 heavy (non-hydrogen) atoms. The van der Waals surface area contributed by atoms with Crippen molar-refractivity contribution in [2.45, 2.75) is 224 Å². The average Bonchev–Trinajstić information content (AvgIpc) is 0.643. The summed E-state index contributed by atoms with van der Waals surface area (Å²) >= 11 is 32.0. The topological polar surface area (TPSA) is 194 Å². The van der Waals surface area contributed by atoms with E-state index in [1.165, 1.54) is 81.2 Å². The molecule has 0 bridgehead atoms. The molecular formula is C110H175Cl5N20O5. The van der Waals surface area contributed by atoms with Crippen LogP contribution in [-0.4, -0.2) is 343 Å².